The van der Waals surface area contributed by atoms with Gasteiger partial charge in [0.25, 0.3) is 0 Å². The Morgan fingerprint density at radius 3 is 2.64 bits per heavy atom. The number of hydrogen-bond donors (Lipinski definition) is 1. The zero-order valence-corrected chi connectivity index (χ0v) is 9.52. The van der Waals surface area contributed by atoms with Gasteiger partial charge in [-0.25, -0.2) is 0 Å². The first-order valence-electron chi connectivity index (χ1n) is 5.55. The van der Waals surface area contributed by atoms with Gasteiger partial charge in [0.2, 0.25) is 0 Å². The average molecular weight is 195 g/mol. The molecule has 1 unspecified atom stereocenters. The molecule has 0 aromatic rings. The van der Waals surface area contributed by atoms with Crippen LogP contribution in [0.15, 0.2) is 11.6 Å². The van der Waals surface area contributed by atoms with Gasteiger partial charge in [0.05, 0.1) is 5.54 Å². The molecule has 14 heavy (non-hydrogen) atoms. The summed E-state index contributed by atoms with van der Waals surface area (Å²) >= 11 is 0. The van der Waals surface area contributed by atoms with Crippen LogP contribution in [0.4, 0.5) is 0 Å². The summed E-state index contributed by atoms with van der Waals surface area (Å²) in [6.07, 6.45) is 5.95. The van der Waals surface area contributed by atoms with E-state index in [1.807, 2.05) is 13.8 Å². The lowest BCUT2D eigenvalue weighted by molar-refractivity contribution is -0.120. The maximum absolute atomic E-state index is 12.0. The van der Waals surface area contributed by atoms with Crippen molar-refractivity contribution in [1.82, 2.24) is 5.32 Å². The van der Waals surface area contributed by atoms with Crippen molar-refractivity contribution >= 4 is 5.78 Å². The summed E-state index contributed by atoms with van der Waals surface area (Å²) in [5, 5.41) is 3.38. The third kappa shape index (κ3) is 2.44. The van der Waals surface area contributed by atoms with Crippen molar-refractivity contribution in [3.8, 4) is 0 Å². The number of hydrogen-bond acceptors (Lipinski definition) is 2. The summed E-state index contributed by atoms with van der Waals surface area (Å²) in [7, 11) is 0. The number of rotatable bonds is 4. The lowest BCUT2D eigenvalue weighted by atomic mass is 9.86. The van der Waals surface area contributed by atoms with Gasteiger partial charge in [-0.2, -0.15) is 0 Å². The molecule has 0 aliphatic carbocycles. The number of nitrogens with one attached hydrogen (secondary N) is 1. The summed E-state index contributed by atoms with van der Waals surface area (Å²) < 4.78 is 0. The highest BCUT2D eigenvalue weighted by molar-refractivity contribution is 5.98. The topological polar surface area (TPSA) is 29.1 Å². The second-order valence-electron chi connectivity index (χ2n) is 4.45. The molecule has 1 atom stereocenters. The standard InChI is InChI=1S/C12H21NO/c1-4-6-12(7-5-8-13-12)11(14)9-10(2)3/h9,13H,4-8H2,1-3H3. The molecule has 1 aliphatic rings. The Morgan fingerprint density at radius 1 is 1.50 bits per heavy atom. The summed E-state index contributed by atoms with van der Waals surface area (Å²) in [6, 6.07) is 0. The smallest absolute Gasteiger partial charge is 0.175 e. The van der Waals surface area contributed by atoms with Gasteiger partial charge in [0.1, 0.15) is 0 Å². The van der Waals surface area contributed by atoms with Crippen molar-refractivity contribution < 1.29 is 4.79 Å². The van der Waals surface area contributed by atoms with Gasteiger partial charge in [0, 0.05) is 0 Å². The van der Waals surface area contributed by atoms with E-state index in [0.29, 0.717) is 0 Å². The van der Waals surface area contributed by atoms with Crippen LogP contribution in [0.1, 0.15) is 46.5 Å². The van der Waals surface area contributed by atoms with Crippen molar-refractivity contribution in [1.29, 1.82) is 0 Å². The summed E-state index contributed by atoms with van der Waals surface area (Å²) in [4.78, 5) is 12.0. The van der Waals surface area contributed by atoms with E-state index >= 15 is 0 Å². The Labute approximate surface area is 86.8 Å². The predicted molar refractivity (Wildman–Crippen MR) is 59.3 cm³/mol. The van der Waals surface area contributed by atoms with Crippen LogP contribution in [-0.4, -0.2) is 17.9 Å². The second-order valence-corrected chi connectivity index (χ2v) is 4.45. The Balaban J connectivity index is 2.77. The first-order chi connectivity index (χ1) is 6.60. The Kier molecular flexibility index (Phi) is 3.87. The molecule has 1 aliphatic heterocycles. The van der Waals surface area contributed by atoms with Crippen molar-refractivity contribution in [2.45, 2.75) is 52.0 Å². The normalized spacial score (nSPS) is 26.2. The van der Waals surface area contributed by atoms with Crippen LogP contribution in [0.3, 0.4) is 0 Å². The van der Waals surface area contributed by atoms with Crippen LogP contribution in [-0.2, 0) is 4.79 Å². The minimum absolute atomic E-state index is 0.230. The predicted octanol–water partition coefficient (Wildman–Crippen LogP) is 2.44. The first-order valence-corrected chi connectivity index (χ1v) is 5.55. The molecule has 1 N–H and O–H groups in total. The minimum Gasteiger partial charge on any atom is -0.305 e. The average Bonchev–Trinajstić information content (AvgIpc) is 2.53. The van der Waals surface area contributed by atoms with Crippen molar-refractivity contribution in [3.63, 3.8) is 0 Å². The molecule has 80 valence electrons. The molecule has 0 bridgehead atoms. The zero-order valence-electron chi connectivity index (χ0n) is 9.52. The Morgan fingerprint density at radius 2 is 2.21 bits per heavy atom. The highest BCUT2D eigenvalue weighted by Crippen LogP contribution is 2.26. The fourth-order valence-electron chi connectivity index (χ4n) is 2.18. The molecule has 1 rings (SSSR count). The zero-order chi connectivity index (χ0) is 10.6. The quantitative estimate of drug-likeness (QED) is 0.698. The molecule has 1 saturated heterocycles. The van der Waals surface area contributed by atoms with E-state index < -0.39 is 0 Å². The van der Waals surface area contributed by atoms with Crippen LogP contribution in [0.2, 0.25) is 0 Å². The van der Waals surface area contributed by atoms with Gasteiger partial charge in [-0.3, -0.25) is 4.79 Å². The number of allylic oxidation sites excluding steroid dienone is 1. The van der Waals surface area contributed by atoms with Crippen molar-refractivity contribution in [3.05, 3.63) is 11.6 Å². The van der Waals surface area contributed by atoms with E-state index in [9.17, 15) is 4.79 Å². The van der Waals surface area contributed by atoms with E-state index in [4.69, 9.17) is 0 Å². The van der Waals surface area contributed by atoms with Crippen molar-refractivity contribution in [2.75, 3.05) is 6.54 Å². The first kappa shape index (κ1) is 11.4. The molecular formula is C12H21NO. The molecule has 0 radical (unpaired) electrons. The minimum atomic E-state index is -0.230. The molecule has 1 heterocycles. The van der Waals surface area contributed by atoms with E-state index in [-0.39, 0.29) is 11.3 Å². The van der Waals surface area contributed by atoms with E-state index in [2.05, 4.69) is 12.2 Å². The van der Waals surface area contributed by atoms with Gasteiger partial charge >= 0.3 is 0 Å². The number of ketones is 1. The molecule has 0 aromatic heterocycles. The van der Waals surface area contributed by atoms with Gasteiger partial charge in [-0.1, -0.05) is 18.9 Å². The van der Waals surface area contributed by atoms with Gasteiger partial charge < -0.3 is 5.32 Å². The Bertz CT molecular complexity index is 233. The summed E-state index contributed by atoms with van der Waals surface area (Å²) in [6.45, 7) is 7.08. The van der Waals surface area contributed by atoms with Crippen LogP contribution < -0.4 is 5.32 Å². The Hall–Kier alpha value is -0.630. The summed E-state index contributed by atoms with van der Waals surface area (Å²) in [5.41, 5.74) is 0.866. The summed E-state index contributed by atoms with van der Waals surface area (Å²) in [5.74, 6) is 0.275. The highest BCUT2D eigenvalue weighted by Gasteiger charge is 2.38. The van der Waals surface area contributed by atoms with Crippen LogP contribution in [0, 0.1) is 0 Å². The lowest BCUT2D eigenvalue weighted by Crippen LogP contribution is -2.46. The maximum atomic E-state index is 12.0. The number of carbonyl (C=O) groups is 1. The van der Waals surface area contributed by atoms with Crippen LogP contribution in [0.5, 0.6) is 0 Å². The van der Waals surface area contributed by atoms with Gasteiger partial charge in [0.15, 0.2) is 5.78 Å². The number of carbonyl (C=O) groups excluding carboxylic acids is 1. The van der Waals surface area contributed by atoms with Crippen LogP contribution in [0.25, 0.3) is 0 Å². The van der Waals surface area contributed by atoms with E-state index in [1.165, 1.54) is 0 Å². The molecule has 0 spiro atoms. The van der Waals surface area contributed by atoms with Crippen LogP contribution >= 0.6 is 0 Å². The fourth-order valence-corrected chi connectivity index (χ4v) is 2.18. The van der Waals surface area contributed by atoms with Gasteiger partial charge in [-0.05, 0) is 45.7 Å². The molecule has 2 heteroatoms. The van der Waals surface area contributed by atoms with Crippen molar-refractivity contribution in [2.24, 2.45) is 0 Å². The largest absolute Gasteiger partial charge is 0.305 e. The molecule has 2 nitrogen and oxygen atoms in total. The highest BCUT2D eigenvalue weighted by atomic mass is 16.1. The molecule has 1 fully saturated rings. The van der Waals surface area contributed by atoms with Gasteiger partial charge in [-0.15, -0.1) is 0 Å². The second kappa shape index (κ2) is 4.74. The SMILES string of the molecule is CCCC1(C(=O)C=C(C)C)CCCN1. The molecular weight excluding hydrogens is 174 g/mol. The van der Waals surface area contributed by atoms with E-state index in [1.54, 1.807) is 6.08 Å². The molecule has 0 amide bonds. The van der Waals surface area contributed by atoms with E-state index in [0.717, 1.165) is 37.8 Å². The third-order valence-electron chi connectivity index (χ3n) is 2.81. The third-order valence-corrected chi connectivity index (χ3v) is 2.81. The monoisotopic (exact) mass is 195 g/mol. The fraction of sp³-hybridized carbons (Fsp3) is 0.750. The molecule has 0 saturated carbocycles. The molecule has 0 aromatic carbocycles. The lowest BCUT2D eigenvalue weighted by Gasteiger charge is -2.26. The maximum Gasteiger partial charge on any atom is 0.175 e.